The Balaban J connectivity index is 2.82. The lowest BCUT2D eigenvalue weighted by molar-refractivity contribution is 0.107. The molecule has 1 unspecified atom stereocenters. The van der Waals surface area contributed by atoms with Gasteiger partial charge in [0.15, 0.2) is 0 Å². The number of hydrogen-bond acceptors (Lipinski definition) is 1. The summed E-state index contributed by atoms with van der Waals surface area (Å²) in [7, 11) is 0. The van der Waals surface area contributed by atoms with E-state index in [1.165, 1.54) is 18.4 Å². The lowest BCUT2D eigenvalue weighted by atomic mass is 9.76. The maximum atomic E-state index is 9.74. The second kappa shape index (κ2) is 7.17. The van der Waals surface area contributed by atoms with Gasteiger partial charge in [0.2, 0.25) is 0 Å². The molecule has 0 saturated heterocycles. The summed E-state index contributed by atoms with van der Waals surface area (Å²) in [5, 5.41) is 9.74. The Morgan fingerprint density at radius 2 is 1.94 bits per heavy atom. The molecular weight excluding hydrogens is 276 g/mol. The summed E-state index contributed by atoms with van der Waals surface area (Å²) in [5.41, 5.74) is 1.36. The van der Waals surface area contributed by atoms with Crippen molar-refractivity contribution in [3.63, 3.8) is 0 Å². The first kappa shape index (κ1) is 14.7. The highest BCUT2D eigenvalue weighted by Crippen LogP contribution is 2.34. The maximum Gasteiger partial charge on any atom is 0.0490 e. The molecule has 0 radical (unpaired) electrons. The average Bonchev–Trinajstić information content (AvgIpc) is 2.37. The first-order valence-electron chi connectivity index (χ1n) is 6.51. The molecule has 1 atom stereocenters. The number of aliphatic hydroxyl groups is 1. The highest BCUT2D eigenvalue weighted by Gasteiger charge is 2.27. The van der Waals surface area contributed by atoms with Crippen molar-refractivity contribution in [2.24, 2.45) is 5.41 Å². The zero-order chi connectivity index (χ0) is 12.7. The van der Waals surface area contributed by atoms with Crippen LogP contribution in [0.2, 0.25) is 0 Å². The standard InChI is InChI=1S/C15H23BrO/c1-3-5-10-15(4-2,12-17)11-13-8-6-7-9-14(13)16/h6-9,17H,3-5,10-12H2,1-2H3. The minimum absolute atomic E-state index is 0.0554. The third-order valence-electron chi connectivity index (χ3n) is 3.67. The topological polar surface area (TPSA) is 20.2 Å². The van der Waals surface area contributed by atoms with Crippen LogP contribution in [0.15, 0.2) is 28.7 Å². The second-order valence-electron chi connectivity index (χ2n) is 4.88. The van der Waals surface area contributed by atoms with Gasteiger partial charge in [-0.25, -0.2) is 0 Å². The molecule has 0 aliphatic heterocycles. The molecule has 0 aromatic heterocycles. The summed E-state index contributed by atoms with van der Waals surface area (Å²) in [6, 6.07) is 8.33. The highest BCUT2D eigenvalue weighted by atomic mass is 79.9. The van der Waals surface area contributed by atoms with Gasteiger partial charge in [-0.05, 0) is 36.3 Å². The van der Waals surface area contributed by atoms with Gasteiger partial charge in [0.25, 0.3) is 0 Å². The molecule has 0 saturated carbocycles. The number of rotatable bonds is 7. The van der Waals surface area contributed by atoms with Crippen LogP contribution in [0, 0.1) is 5.41 Å². The minimum Gasteiger partial charge on any atom is -0.396 e. The van der Waals surface area contributed by atoms with E-state index in [0.29, 0.717) is 0 Å². The van der Waals surface area contributed by atoms with Crippen LogP contribution < -0.4 is 0 Å². The smallest absolute Gasteiger partial charge is 0.0490 e. The molecule has 0 aliphatic rings. The number of benzene rings is 1. The zero-order valence-electron chi connectivity index (χ0n) is 10.9. The van der Waals surface area contributed by atoms with Gasteiger partial charge >= 0.3 is 0 Å². The van der Waals surface area contributed by atoms with Crippen LogP contribution in [0.4, 0.5) is 0 Å². The Labute approximate surface area is 113 Å². The van der Waals surface area contributed by atoms with E-state index in [2.05, 4.69) is 48.0 Å². The minimum atomic E-state index is 0.0554. The van der Waals surface area contributed by atoms with Crippen molar-refractivity contribution in [3.05, 3.63) is 34.3 Å². The largest absolute Gasteiger partial charge is 0.396 e. The maximum absolute atomic E-state index is 9.74. The summed E-state index contributed by atoms with van der Waals surface area (Å²) in [5.74, 6) is 0. The van der Waals surface area contributed by atoms with Crippen molar-refractivity contribution in [2.45, 2.75) is 46.0 Å². The van der Waals surface area contributed by atoms with Crippen LogP contribution in [0.3, 0.4) is 0 Å². The predicted molar refractivity (Wildman–Crippen MR) is 77.2 cm³/mol. The van der Waals surface area contributed by atoms with Gasteiger partial charge in [-0.15, -0.1) is 0 Å². The molecule has 1 aromatic carbocycles. The number of unbranched alkanes of at least 4 members (excludes halogenated alkanes) is 1. The van der Waals surface area contributed by atoms with Gasteiger partial charge in [0.1, 0.15) is 0 Å². The fraction of sp³-hybridized carbons (Fsp3) is 0.600. The van der Waals surface area contributed by atoms with Crippen molar-refractivity contribution in [1.29, 1.82) is 0 Å². The normalized spacial score (nSPS) is 14.6. The quantitative estimate of drug-likeness (QED) is 0.782. The molecule has 1 aromatic rings. The third kappa shape index (κ3) is 4.11. The van der Waals surface area contributed by atoms with Crippen LogP contribution in [-0.4, -0.2) is 11.7 Å². The van der Waals surface area contributed by atoms with E-state index < -0.39 is 0 Å². The van der Waals surface area contributed by atoms with E-state index in [-0.39, 0.29) is 12.0 Å². The Morgan fingerprint density at radius 3 is 2.47 bits per heavy atom. The second-order valence-corrected chi connectivity index (χ2v) is 5.74. The van der Waals surface area contributed by atoms with Crippen molar-refractivity contribution < 1.29 is 5.11 Å². The van der Waals surface area contributed by atoms with Gasteiger partial charge in [-0.1, -0.05) is 60.8 Å². The molecule has 0 aliphatic carbocycles. The summed E-state index contributed by atoms with van der Waals surface area (Å²) in [6.07, 6.45) is 5.49. The first-order chi connectivity index (χ1) is 8.17. The molecule has 0 spiro atoms. The predicted octanol–water partition coefficient (Wildman–Crippen LogP) is 4.57. The molecule has 0 amide bonds. The van der Waals surface area contributed by atoms with Gasteiger partial charge in [-0.3, -0.25) is 0 Å². The Morgan fingerprint density at radius 1 is 1.24 bits per heavy atom. The summed E-state index contributed by atoms with van der Waals surface area (Å²) in [4.78, 5) is 0. The lowest BCUT2D eigenvalue weighted by Crippen LogP contribution is -2.27. The molecule has 1 nitrogen and oxygen atoms in total. The number of hydrogen-bond donors (Lipinski definition) is 1. The Kier molecular flexibility index (Phi) is 6.21. The summed E-state index contributed by atoms with van der Waals surface area (Å²) >= 11 is 3.59. The summed E-state index contributed by atoms with van der Waals surface area (Å²) in [6.45, 7) is 4.67. The van der Waals surface area contributed by atoms with Crippen LogP contribution in [-0.2, 0) is 6.42 Å². The van der Waals surface area contributed by atoms with Gasteiger partial charge in [-0.2, -0.15) is 0 Å². The van der Waals surface area contributed by atoms with Crippen LogP contribution in [0.5, 0.6) is 0 Å². The van der Waals surface area contributed by atoms with E-state index in [9.17, 15) is 5.11 Å². The Hall–Kier alpha value is -0.340. The molecule has 0 heterocycles. The van der Waals surface area contributed by atoms with Crippen molar-refractivity contribution in [1.82, 2.24) is 0 Å². The Bertz CT molecular complexity index is 331. The number of halogens is 1. The molecule has 2 heteroatoms. The molecule has 17 heavy (non-hydrogen) atoms. The monoisotopic (exact) mass is 298 g/mol. The van der Waals surface area contributed by atoms with Gasteiger partial charge in [0, 0.05) is 11.1 Å². The summed E-state index contributed by atoms with van der Waals surface area (Å²) < 4.78 is 1.16. The van der Waals surface area contributed by atoms with Gasteiger partial charge < -0.3 is 5.11 Å². The van der Waals surface area contributed by atoms with E-state index in [4.69, 9.17) is 0 Å². The van der Waals surface area contributed by atoms with E-state index in [0.717, 1.165) is 23.7 Å². The molecule has 0 bridgehead atoms. The van der Waals surface area contributed by atoms with E-state index in [1.54, 1.807) is 0 Å². The fourth-order valence-corrected chi connectivity index (χ4v) is 2.66. The van der Waals surface area contributed by atoms with Crippen molar-refractivity contribution in [3.8, 4) is 0 Å². The lowest BCUT2D eigenvalue weighted by Gasteiger charge is -2.31. The molecule has 0 fully saturated rings. The average molecular weight is 299 g/mol. The van der Waals surface area contributed by atoms with E-state index >= 15 is 0 Å². The van der Waals surface area contributed by atoms with Crippen molar-refractivity contribution in [2.75, 3.05) is 6.61 Å². The van der Waals surface area contributed by atoms with Crippen LogP contribution in [0.1, 0.15) is 45.1 Å². The first-order valence-corrected chi connectivity index (χ1v) is 7.31. The SMILES string of the molecule is CCCCC(CC)(CO)Cc1ccccc1Br. The highest BCUT2D eigenvalue weighted by molar-refractivity contribution is 9.10. The molecule has 1 N–H and O–H groups in total. The van der Waals surface area contributed by atoms with Crippen LogP contribution in [0.25, 0.3) is 0 Å². The molecular formula is C15H23BrO. The van der Waals surface area contributed by atoms with E-state index in [1.807, 2.05) is 6.07 Å². The fourth-order valence-electron chi connectivity index (χ4n) is 2.23. The third-order valence-corrected chi connectivity index (χ3v) is 4.44. The van der Waals surface area contributed by atoms with Crippen molar-refractivity contribution >= 4 is 15.9 Å². The zero-order valence-corrected chi connectivity index (χ0v) is 12.5. The number of aliphatic hydroxyl groups excluding tert-OH is 1. The molecule has 96 valence electrons. The molecule has 1 rings (SSSR count). The van der Waals surface area contributed by atoms with Gasteiger partial charge in [0.05, 0.1) is 0 Å². The van der Waals surface area contributed by atoms with Crippen LogP contribution >= 0.6 is 15.9 Å².